The number of H-pyrrole nitrogens is 1. The number of rotatable bonds is 8. The zero-order valence-electron chi connectivity index (χ0n) is 17.9. The predicted octanol–water partition coefficient (Wildman–Crippen LogP) is 3.11. The number of aromatic amines is 1. The summed E-state index contributed by atoms with van der Waals surface area (Å²) in [6.45, 7) is 11.3. The van der Waals surface area contributed by atoms with Gasteiger partial charge in [-0.05, 0) is 44.0 Å². The molecule has 1 aliphatic rings. The van der Waals surface area contributed by atoms with Gasteiger partial charge < -0.3 is 20.1 Å². The van der Waals surface area contributed by atoms with Gasteiger partial charge in [-0.3, -0.25) is 9.59 Å². The highest BCUT2D eigenvalue weighted by atomic mass is 16.2. The molecule has 1 atom stereocenters. The third-order valence-corrected chi connectivity index (χ3v) is 6.33. The summed E-state index contributed by atoms with van der Waals surface area (Å²) >= 11 is 0. The molecule has 6 heteroatoms. The van der Waals surface area contributed by atoms with Gasteiger partial charge in [0.1, 0.15) is 5.69 Å². The van der Waals surface area contributed by atoms with Crippen LogP contribution in [0.1, 0.15) is 44.1 Å². The lowest BCUT2D eigenvalue weighted by atomic mass is 9.84. The van der Waals surface area contributed by atoms with Gasteiger partial charge in [-0.25, -0.2) is 0 Å². The molecule has 1 aliphatic heterocycles. The molecule has 0 bridgehead atoms. The number of aromatic nitrogens is 1. The van der Waals surface area contributed by atoms with Gasteiger partial charge in [-0.15, -0.1) is 0 Å². The number of para-hydroxylation sites is 1. The molecule has 29 heavy (non-hydrogen) atoms. The smallest absolute Gasteiger partial charge is 0.270 e. The molecule has 1 aromatic carbocycles. The second kappa shape index (κ2) is 9.92. The molecule has 0 spiro atoms. The fourth-order valence-corrected chi connectivity index (χ4v) is 4.21. The molecule has 1 aromatic heterocycles. The summed E-state index contributed by atoms with van der Waals surface area (Å²) in [5.74, 6) is 0.501. The molecule has 2 heterocycles. The van der Waals surface area contributed by atoms with Crippen molar-refractivity contribution in [3.05, 3.63) is 36.0 Å². The van der Waals surface area contributed by atoms with Crippen LogP contribution >= 0.6 is 0 Å². The first-order valence-electron chi connectivity index (χ1n) is 10.9. The topological polar surface area (TPSA) is 68.4 Å². The molecule has 6 nitrogen and oxygen atoms in total. The number of hydrogen-bond acceptors (Lipinski definition) is 3. The van der Waals surface area contributed by atoms with E-state index in [9.17, 15) is 9.59 Å². The average molecular weight is 399 g/mol. The Hall–Kier alpha value is -2.34. The number of carbonyl (C=O) groups excluding carboxylic acids is 2. The second-order valence-corrected chi connectivity index (χ2v) is 8.01. The number of likely N-dealkylation sites (N-methyl/N-ethyl adjacent to an activating group) is 1. The first-order chi connectivity index (χ1) is 14.0. The van der Waals surface area contributed by atoms with Crippen LogP contribution in [-0.2, 0) is 4.79 Å². The summed E-state index contributed by atoms with van der Waals surface area (Å²) in [6, 6.07) is 9.86. The van der Waals surface area contributed by atoms with Gasteiger partial charge in [0.15, 0.2) is 0 Å². The van der Waals surface area contributed by atoms with Gasteiger partial charge in [-0.2, -0.15) is 0 Å². The number of benzene rings is 1. The Morgan fingerprint density at radius 3 is 2.55 bits per heavy atom. The molecule has 0 aliphatic carbocycles. The van der Waals surface area contributed by atoms with Gasteiger partial charge in [-0.1, -0.05) is 39.0 Å². The third-order valence-electron chi connectivity index (χ3n) is 6.33. The van der Waals surface area contributed by atoms with Gasteiger partial charge >= 0.3 is 0 Å². The first kappa shape index (κ1) is 21.4. The van der Waals surface area contributed by atoms with Gasteiger partial charge in [0, 0.05) is 43.0 Å². The first-order valence-corrected chi connectivity index (χ1v) is 10.9. The van der Waals surface area contributed by atoms with Crippen molar-refractivity contribution in [2.75, 3.05) is 39.3 Å². The van der Waals surface area contributed by atoms with Crippen molar-refractivity contribution < 1.29 is 9.59 Å². The van der Waals surface area contributed by atoms with Gasteiger partial charge in [0.2, 0.25) is 5.91 Å². The van der Waals surface area contributed by atoms with Crippen LogP contribution in [0.4, 0.5) is 0 Å². The third kappa shape index (κ3) is 5.18. The van der Waals surface area contributed by atoms with E-state index in [0.29, 0.717) is 31.2 Å². The summed E-state index contributed by atoms with van der Waals surface area (Å²) in [5, 5.41) is 4.14. The Labute approximate surface area is 173 Å². The Morgan fingerprint density at radius 2 is 1.90 bits per heavy atom. The van der Waals surface area contributed by atoms with Gasteiger partial charge in [0.25, 0.3) is 5.91 Å². The molecular formula is C23H34N4O2. The van der Waals surface area contributed by atoms with Crippen molar-refractivity contribution in [1.82, 2.24) is 20.1 Å². The molecule has 1 saturated heterocycles. The van der Waals surface area contributed by atoms with Crippen LogP contribution in [0.2, 0.25) is 0 Å². The van der Waals surface area contributed by atoms with E-state index >= 15 is 0 Å². The summed E-state index contributed by atoms with van der Waals surface area (Å²) in [5.41, 5.74) is 1.63. The maximum atomic E-state index is 12.9. The highest BCUT2D eigenvalue weighted by Crippen LogP contribution is 2.26. The minimum atomic E-state index is -0.0166. The molecule has 158 valence electrons. The van der Waals surface area contributed by atoms with Crippen LogP contribution in [0.25, 0.3) is 10.9 Å². The zero-order chi connectivity index (χ0) is 20.8. The van der Waals surface area contributed by atoms with Crippen LogP contribution in [0.5, 0.6) is 0 Å². The number of carbonyl (C=O) groups is 2. The molecule has 0 radical (unpaired) electrons. The Bertz CT molecular complexity index is 786. The van der Waals surface area contributed by atoms with E-state index in [0.717, 1.165) is 43.4 Å². The van der Waals surface area contributed by atoms with Crippen molar-refractivity contribution in [2.24, 2.45) is 11.8 Å². The molecule has 0 unspecified atom stereocenters. The summed E-state index contributed by atoms with van der Waals surface area (Å²) in [7, 11) is 0. The predicted molar refractivity (Wildman–Crippen MR) is 117 cm³/mol. The van der Waals surface area contributed by atoms with E-state index in [4.69, 9.17) is 0 Å². The van der Waals surface area contributed by atoms with Crippen molar-refractivity contribution in [3.8, 4) is 0 Å². The minimum Gasteiger partial charge on any atom is -0.355 e. The minimum absolute atomic E-state index is 0.0166. The van der Waals surface area contributed by atoms with Crippen LogP contribution in [0, 0.1) is 11.8 Å². The standard InChI is InChI=1S/C23H34N4O2/c1-4-26(5-2)15-12-24-22(28)17(3)18-10-13-27(14-11-18)23(29)21-16-19-8-6-7-9-20(19)25-21/h6-9,16-18,25H,4-5,10-15H2,1-3H3,(H,24,28)/t17-/m0/s1. The van der Waals surface area contributed by atoms with Crippen LogP contribution in [-0.4, -0.2) is 65.9 Å². The lowest BCUT2D eigenvalue weighted by molar-refractivity contribution is -0.126. The number of nitrogens with one attached hydrogen (secondary N) is 2. The number of hydrogen-bond donors (Lipinski definition) is 2. The van der Waals surface area contributed by atoms with Crippen molar-refractivity contribution in [3.63, 3.8) is 0 Å². The molecule has 3 rings (SSSR count). The fourth-order valence-electron chi connectivity index (χ4n) is 4.21. The molecule has 1 fully saturated rings. The maximum Gasteiger partial charge on any atom is 0.270 e. The molecular weight excluding hydrogens is 364 g/mol. The normalized spacial score (nSPS) is 16.3. The molecule has 2 aromatic rings. The zero-order valence-corrected chi connectivity index (χ0v) is 17.9. The Morgan fingerprint density at radius 1 is 1.21 bits per heavy atom. The Balaban J connectivity index is 1.47. The SMILES string of the molecule is CCN(CC)CCNC(=O)[C@@H](C)C1CCN(C(=O)c2cc3ccccc3[nH]2)CC1. The quantitative estimate of drug-likeness (QED) is 0.718. The molecule has 2 N–H and O–H groups in total. The number of likely N-dealkylation sites (tertiary alicyclic amines) is 1. The summed E-state index contributed by atoms with van der Waals surface area (Å²) in [4.78, 5) is 32.8. The van der Waals surface area contributed by atoms with Crippen LogP contribution in [0.15, 0.2) is 30.3 Å². The number of fused-ring (bicyclic) bond motifs is 1. The van der Waals surface area contributed by atoms with E-state index in [1.165, 1.54) is 0 Å². The number of piperidine rings is 1. The largest absolute Gasteiger partial charge is 0.355 e. The second-order valence-electron chi connectivity index (χ2n) is 8.01. The van der Waals surface area contributed by atoms with E-state index in [1.54, 1.807) is 0 Å². The van der Waals surface area contributed by atoms with Crippen molar-refractivity contribution in [2.45, 2.75) is 33.6 Å². The van der Waals surface area contributed by atoms with Crippen molar-refractivity contribution >= 4 is 22.7 Å². The van der Waals surface area contributed by atoms with E-state index in [1.807, 2.05) is 42.2 Å². The molecule has 0 saturated carbocycles. The monoisotopic (exact) mass is 398 g/mol. The van der Waals surface area contributed by atoms with Gasteiger partial charge in [0.05, 0.1) is 0 Å². The van der Waals surface area contributed by atoms with E-state index < -0.39 is 0 Å². The van der Waals surface area contributed by atoms with Crippen LogP contribution < -0.4 is 5.32 Å². The van der Waals surface area contributed by atoms with Crippen LogP contribution in [0.3, 0.4) is 0 Å². The lowest BCUT2D eigenvalue weighted by Gasteiger charge is -2.34. The molecule has 2 amide bonds. The fraction of sp³-hybridized carbons (Fsp3) is 0.565. The summed E-state index contributed by atoms with van der Waals surface area (Å²) < 4.78 is 0. The number of nitrogens with zero attached hydrogens (tertiary/aromatic N) is 2. The van der Waals surface area contributed by atoms with E-state index in [2.05, 4.69) is 29.0 Å². The Kier molecular flexibility index (Phi) is 7.31. The highest BCUT2D eigenvalue weighted by Gasteiger charge is 2.30. The van der Waals surface area contributed by atoms with E-state index in [-0.39, 0.29) is 17.7 Å². The maximum absolute atomic E-state index is 12.9. The number of amides is 2. The van der Waals surface area contributed by atoms with Crippen molar-refractivity contribution in [1.29, 1.82) is 0 Å². The average Bonchev–Trinajstić information content (AvgIpc) is 3.20. The highest BCUT2D eigenvalue weighted by molar-refractivity contribution is 5.98. The lowest BCUT2D eigenvalue weighted by Crippen LogP contribution is -2.43. The summed E-state index contributed by atoms with van der Waals surface area (Å²) in [6.07, 6.45) is 1.74.